The van der Waals surface area contributed by atoms with Crippen LogP contribution in [0, 0.1) is 18.6 Å². The third-order valence-corrected chi connectivity index (χ3v) is 6.68. The van der Waals surface area contributed by atoms with Gasteiger partial charge in [0.15, 0.2) is 5.69 Å². The molecule has 3 aromatic rings. The lowest BCUT2D eigenvalue weighted by molar-refractivity contribution is 0.0687. The molecule has 12 heteroatoms. The molecule has 0 radical (unpaired) electrons. The van der Waals surface area contributed by atoms with Crippen LogP contribution in [-0.2, 0) is 16.8 Å². The molecule has 0 bridgehead atoms. The van der Waals surface area contributed by atoms with Crippen LogP contribution in [0.15, 0.2) is 29.2 Å². The molecule has 3 N–H and O–H groups in total. The van der Waals surface area contributed by atoms with E-state index in [4.69, 9.17) is 0 Å². The molecule has 164 valence electrons. The molecular weight excluding hydrogens is 434 g/mol. The molecule has 1 aromatic carbocycles. The van der Waals surface area contributed by atoms with Gasteiger partial charge in [0.2, 0.25) is 5.56 Å². The second-order valence-electron chi connectivity index (χ2n) is 7.20. The summed E-state index contributed by atoms with van der Waals surface area (Å²) in [7, 11) is -4.04. The molecular formula is C19H18F2N4O5S. The molecule has 1 saturated heterocycles. The highest BCUT2D eigenvalue weighted by Gasteiger charge is 2.34. The number of carboxylic acid groups (broad SMARTS) is 1. The molecule has 0 amide bonds. The third-order valence-electron chi connectivity index (χ3n) is 5.16. The van der Waals surface area contributed by atoms with Crippen molar-refractivity contribution in [3.63, 3.8) is 0 Å². The van der Waals surface area contributed by atoms with Gasteiger partial charge in [0.25, 0.3) is 0 Å². The molecule has 4 rings (SSSR count). The Bertz CT molecular complexity index is 1380. The topological polar surface area (TPSA) is 124 Å². The lowest BCUT2D eigenvalue weighted by atomic mass is 10.1. The predicted molar refractivity (Wildman–Crippen MR) is 109 cm³/mol. The second-order valence-corrected chi connectivity index (χ2v) is 8.88. The SMILES string of the molecule is Cc1cc2c(N3CCCNS3(=O)=O)c(C(=O)O)n(Cc3cc(=O)[nH]cc3F)c2cc1F. The number of hydrogen-bond acceptors (Lipinski definition) is 4. The quantitative estimate of drug-likeness (QED) is 0.556. The zero-order valence-corrected chi connectivity index (χ0v) is 17.1. The van der Waals surface area contributed by atoms with Gasteiger partial charge >= 0.3 is 16.2 Å². The fourth-order valence-electron chi connectivity index (χ4n) is 3.73. The normalized spacial score (nSPS) is 16.0. The minimum atomic E-state index is -4.04. The number of benzene rings is 1. The summed E-state index contributed by atoms with van der Waals surface area (Å²) in [4.78, 5) is 26.1. The Hall–Kier alpha value is -3.25. The number of nitrogens with one attached hydrogen (secondary N) is 2. The first kappa shape index (κ1) is 21.0. The van der Waals surface area contributed by atoms with E-state index in [9.17, 15) is 31.9 Å². The number of aryl methyl sites for hydroxylation is 1. The van der Waals surface area contributed by atoms with Crippen molar-refractivity contribution in [3.05, 3.63) is 63.2 Å². The molecule has 0 aliphatic carbocycles. The number of rotatable bonds is 4. The van der Waals surface area contributed by atoms with Gasteiger partial charge in [0.05, 0.1) is 17.7 Å². The Balaban J connectivity index is 2.07. The number of anilines is 1. The van der Waals surface area contributed by atoms with Gasteiger partial charge in [0.1, 0.15) is 11.6 Å². The highest BCUT2D eigenvalue weighted by Crippen LogP contribution is 2.38. The van der Waals surface area contributed by atoms with E-state index in [1.807, 2.05) is 0 Å². The number of carbonyl (C=O) groups is 1. The average Bonchev–Trinajstić information content (AvgIpc) is 2.98. The number of carboxylic acids is 1. The number of nitrogens with zero attached hydrogens (tertiary/aromatic N) is 2. The van der Waals surface area contributed by atoms with Gasteiger partial charge in [0, 0.05) is 36.3 Å². The van der Waals surface area contributed by atoms with E-state index in [0.29, 0.717) is 6.42 Å². The van der Waals surface area contributed by atoms with Crippen molar-refractivity contribution in [2.24, 2.45) is 0 Å². The van der Waals surface area contributed by atoms with Crippen molar-refractivity contribution in [1.29, 1.82) is 0 Å². The van der Waals surface area contributed by atoms with E-state index in [2.05, 4.69) is 9.71 Å². The zero-order chi connectivity index (χ0) is 22.5. The number of hydrogen-bond donors (Lipinski definition) is 3. The number of aromatic amines is 1. The maximum Gasteiger partial charge on any atom is 0.354 e. The van der Waals surface area contributed by atoms with Crippen LogP contribution >= 0.6 is 0 Å². The first-order chi connectivity index (χ1) is 14.6. The van der Waals surface area contributed by atoms with E-state index in [0.717, 1.165) is 27.2 Å². The molecule has 1 aliphatic rings. The van der Waals surface area contributed by atoms with Crippen molar-refractivity contribution in [1.82, 2.24) is 14.3 Å². The molecule has 3 heterocycles. The molecule has 2 aromatic heterocycles. The maximum absolute atomic E-state index is 14.4. The van der Waals surface area contributed by atoms with Gasteiger partial charge in [-0.05, 0) is 31.0 Å². The number of H-pyrrole nitrogens is 1. The number of pyridine rings is 1. The summed E-state index contributed by atoms with van der Waals surface area (Å²) in [5.41, 5.74) is -1.07. The minimum absolute atomic E-state index is 0.0184. The smallest absolute Gasteiger partial charge is 0.354 e. The van der Waals surface area contributed by atoms with Crippen LogP contribution in [0.4, 0.5) is 14.5 Å². The van der Waals surface area contributed by atoms with Crippen LogP contribution in [0.5, 0.6) is 0 Å². The van der Waals surface area contributed by atoms with Crippen LogP contribution in [0.1, 0.15) is 28.0 Å². The molecule has 0 saturated carbocycles. The number of aromatic carboxylic acids is 1. The van der Waals surface area contributed by atoms with E-state index >= 15 is 0 Å². The van der Waals surface area contributed by atoms with E-state index in [-0.39, 0.29) is 40.8 Å². The van der Waals surface area contributed by atoms with Crippen molar-refractivity contribution < 1.29 is 27.1 Å². The average molecular weight is 452 g/mol. The number of fused-ring (bicyclic) bond motifs is 1. The number of halogens is 2. The molecule has 0 spiro atoms. The van der Waals surface area contributed by atoms with Crippen molar-refractivity contribution in [3.8, 4) is 0 Å². The Kier molecular flexibility index (Phi) is 5.06. The van der Waals surface area contributed by atoms with Crippen molar-refractivity contribution in [2.45, 2.75) is 19.9 Å². The summed E-state index contributed by atoms with van der Waals surface area (Å²) in [5, 5.41) is 10.2. The highest BCUT2D eigenvalue weighted by molar-refractivity contribution is 7.91. The largest absolute Gasteiger partial charge is 0.477 e. The molecule has 1 aliphatic heterocycles. The first-order valence-electron chi connectivity index (χ1n) is 9.30. The van der Waals surface area contributed by atoms with E-state index < -0.39 is 45.6 Å². The number of aromatic nitrogens is 2. The zero-order valence-electron chi connectivity index (χ0n) is 16.3. The Labute approximate surface area is 175 Å². The Morgan fingerprint density at radius 2 is 1.97 bits per heavy atom. The maximum atomic E-state index is 14.4. The summed E-state index contributed by atoms with van der Waals surface area (Å²) < 4.78 is 58.4. The van der Waals surface area contributed by atoms with Crippen LogP contribution in [0.25, 0.3) is 10.9 Å². The predicted octanol–water partition coefficient (Wildman–Crippen LogP) is 1.71. The van der Waals surface area contributed by atoms with Gasteiger partial charge in [-0.25, -0.2) is 13.6 Å². The summed E-state index contributed by atoms with van der Waals surface area (Å²) in [5.74, 6) is -2.91. The Morgan fingerprint density at radius 3 is 2.65 bits per heavy atom. The molecule has 9 nitrogen and oxygen atoms in total. The standard InChI is InChI=1S/C19H18F2N4O5S/c1-10-5-12-15(7-13(10)20)24(9-11-6-16(26)22-8-14(11)21)18(19(27)28)17(12)25-4-2-3-23-31(25,29)30/h5-8,23H,2-4,9H2,1H3,(H,22,26)(H,27,28). The fraction of sp³-hybridized carbons (Fsp3) is 0.263. The summed E-state index contributed by atoms with van der Waals surface area (Å²) >= 11 is 0. The lowest BCUT2D eigenvalue weighted by Crippen LogP contribution is -2.47. The van der Waals surface area contributed by atoms with Gasteiger partial charge in [-0.3, -0.25) is 9.10 Å². The molecule has 0 unspecified atom stereocenters. The van der Waals surface area contributed by atoms with Crippen LogP contribution in [0.2, 0.25) is 0 Å². The second kappa shape index (κ2) is 7.46. The summed E-state index contributed by atoms with van der Waals surface area (Å²) in [6, 6.07) is 3.41. The van der Waals surface area contributed by atoms with Gasteiger partial charge < -0.3 is 14.7 Å². The van der Waals surface area contributed by atoms with Crippen molar-refractivity contribution >= 4 is 32.8 Å². The van der Waals surface area contributed by atoms with Crippen LogP contribution in [0.3, 0.4) is 0 Å². The van der Waals surface area contributed by atoms with E-state index in [1.54, 1.807) is 0 Å². The van der Waals surface area contributed by atoms with E-state index in [1.165, 1.54) is 13.0 Å². The van der Waals surface area contributed by atoms with Crippen LogP contribution < -0.4 is 14.6 Å². The first-order valence-corrected chi connectivity index (χ1v) is 10.7. The van der Waals surface area contributed by atoms with Gasteiger partial charge in [-0.1, -0.05) is 0 Å². The minimum Gasteiger partial charge on any atom is -0.477 e. The molecule has 1 fully saturated rings. The van der Waals surface area contributed by atoms with Gasteiger partial charge in [-0.15, -0.1) is 0 Å². The summed E-state index contributed by atoms with van der Waals surface area (Å²) in [6.07, 6.45) is 1.27. The third kappa shape index (κ3) is 3.57. The van der Waals surface area contributed by atoms with Gasteiger partial charge in [-0.2, -0.15) is 13.1 Å². The monoisotopic (exact) mass is 452 g/mol. The van der Waals surface area contributed by atoms with Crippen LogP contribution in [-0.4, -0.2) is 42.1 Å². The fourth-order valence-corrected chi connectivity index (χ4v) is 5.09. The lowest BCUT2D eigenvalue weighted by Gasteiger charge is -2.29. The highest BCUT2D eigenvalue weighted by atomic mass is 32.2. The summed E-state index contributed by atoms with van der Waals surface area (Å²) in [6.45, 7) is 1.27. The molecule has 0 atom stereocenters. The molecule has 31 heavy (non-hydrogen) atoms. The van der Waals surface area contributed by atoms with Crippen molar-refractivity contribution in [2.75, 3.05) is 17.4 Å². The Morgan fingerprint density at radius 1 is 1.23 bits per heavy atom.